The molecule has 2 aromatic carbocycles. The molecule has 2 aromatic rings. The molecular formula is C14H9BrCl2N2O2. The van der Waals surface area contributed by atoms with Crippen molar-refractivity contribution in [3.63, 3.8) is 0 Å². The number of anilines is 1. The Morgan fingerprint density at radius 1 is 1.10 bits per heavy atom. The summed E-state index contributed by atoms with van der Waals surface area (Å²) in [6, 6.07) is 9.56. The minimum Gasteiger partial charge on any atom is -0.366 e. The molecule has 7 heteroatoms. The quantitative estimate of drug-likeness (QED) is 0.831. The molecular weight excluding hydrogens is 379 g/mol. The first kappa shape index (κ1) is 15.8. The highest BCUT2D eigenvalue weighted by atomic mass is 79.9. The van der Waals surface area contributed by atoms with Crippen LogP contribution in [0.2, 0.25) is 10.0 Å². The van der Waals surface area contributed by atoms with Crippen LogP contribution in [0.3, 0.4) is 0 Å². The molecule has 3 N–H and O–H groups in total. The maximum Gasteiger partial charge on any atom is 0.255 e. The summed E-state index contributed by atoms with van der Waals surface area (Å²) in [5.74, 6) is -1.06. The highest BCUT2D eigenvalue weighted by molar-refractivity contribution is 9.10. The molecule has 108 valence electrons. The van der Waals surface area contributed by atoms with E-state index in [1.165, 1.54) is 12.1 Å². The van der Waals surface area contributed by atoms with Crippen molar-refractivity contribution in [1.82, 2.24) is 0 Å². The summed E-state index contributed by atoms with van der Waals surface area (Å²) in [5, 5.41) is 2.97. The summed E-state index contributed by atoms with van der Waals surface area (Å²) in [7, 11) is 0. The Morgan fingerprint density at radius 3 is 2.43 bits per heavy atom. The Balaban J connectivity index is 2.33. The largest absolute Gasteiger partial charge is 0.366 e. The van der Waals surface area contributed by atoms with Crippen LogP contribution in [0.4, 0.5) is 5.69 Å². The second kappa shape index (κ2) is 6.47. The van der Waals surface area contributed by atoms with Crippen LogP contribution in [0.15, 0.2) is 40.9 Å². The summed E-state index contributed by atoms with van der Waals surface area (Å²) >= 11 is 15.2. The molecule has 0 radical (unpaired) electrons. The van der Waals surface area contributed by atoms with E-state index >= 15 is 0 Å². The number of amides is 2. The number of hydrogen-bond acceptors (Lipinski definition) is 2. The molecule has 21 heavy (non-hydrogen) atoms. The van der Waals surface area contributed by atoms with Crippen LogP contribution in [0.1, 0.15) is 20.7 Å². The van der Waals surface area contributed by atoms with Gasteiger partial charge in [0.15, 0.2) is 0 Å². The maximum absolute atomic E-state index is 12.1. The minimum atomic E-state index is -0.699. The number of hydrogen-bond donors (Lipinski definition) is 2. The minimum absolute atomic E-state index is 0.0885. The number of benzene rings is 2. The Labute approximate surface area is 139 Å². The van der Waals surface area contributed by atoms with E-state index in [0.29, 0.717) is 5.56 Å². The number of carbonyl (C=O) groups excluding carboxylic acids is 2. The van der Waals surface area contributed by atoms with E-state index in [0.717, 1.165) is 4.47 Å². The first-order valence-corrected chi connectivity index (χ1v) is 7.29. The van der Waals surface area contributed by atoms with Crippen molar-refractivity contribution < 1.29 is 9.59 Å². The number of rotatable bonds is 3. The van der Waals surface area contributed by atoms with Crippen LogP contribution in [-0.2, 0) is 0 Å². The lowest BCUT2D eigenvalue weighted by Crippen LogP contribution is -2.15. The van der Waals surface area contributed by atoms with E-state index in [4.69, 9.17) is 28.9 Å². The summed E-state index contributed by atoms with van der Waals surface area (Å²) in [5.41, 5.74) is 6.00. The smallest absolute Gasteiger partial charge is 0.255 e. The second-order valence-corrected chi connectivity index (χ2v) is 5.87. The standard InChI is InChI=1S/C14H9BrCl2N2O2/c15-8-3-1-2-7(4-8)14(21)19-12-5-9(13(18)20)10(16)6-11(12)17/h1-6H,(H2,18,20)(H,19,21). The van der Waals surface area contributed by atoms with E-state index in [9.17, 15) is 9.59 Å². The Bertz CT molecular complexity index is 735. The summed E-state index contributed by atoms with van der Waals surface area (Å²) in [4.78, 5) is 23.4. The van der Waals surface area contributed by atoms with Crippen molar-refractivity contribution in [1.29, 1.82) is 0 Å². The van der Waals surface area contributed by atoms with Gasteiger partial charge in [0, 0.05) is 10.0 Å². The van der Waals surface area contributed by atoms with Gasteiger partial charge in [0.1, 0.15) is 0 Å². The van der Waals surface area contributed by atoms with Gasteiger partial charge in [-0.3, -0.25) is 9.59 Å². The van der Waals surface area contributed by atoms with E-state index < -0.39 is 5.91 Å². The van der Waals surface area contributed by atoms with Crippen LogP contribution in [0.25, 0.3) is 0 Å². The molecule has 0 aliphatic rings. The zero-order valence-corrected chi connectivity index (χ0v) is 13.6. The Hall–Kier alpha value is -1.56. The SMILES string of the molecule is NC(=O)c1cc(NC(=O)c2cccc(Br)c2)c(Cl)cc1Cl. The van der Waals surface area contributed by atoms with Gasteiger partial charge >= 0.3 is 0 Å². The molecule has 4 nitrogen and oxygen atoms in total. The van der Waals surface area contributed by atoms with Gasteiger partial charge in [-0.15, -0.1) is 0 Å². The summed E-state index contributed by atoms with van der Waals surface area (Å²) in [6.45, 7) is 0. The first-order valence-electron chi connectivity index (χ1n) is 5.74. The van der Waals surface area contributed by atoms with E-state index in [1.807, 2.05) is 0 Å². The highest BCUT2D eigenvalue weighted by Gasteiger charge is 2.14. The molecule has 0 unspecified atom stereocenters. The number of carbonyl (C=O) groups is 2. The van der Waals surface area contributed by atoms with E-state index in [-0.39, 0.29) is 27.2 Å². The first-order chi connectivity index (χ1) is 9.88. The fraction of sp³-hybridized carbons (Fsp3) is 0. The lowest BCUT2D eigenvalue weighted by Gasteiger charge is -2.10. The lowest BCUT2D eigenvalue weighted by molar-refractivity contribution is 0.0996. The number of halogens is 3. The summed E-state index contributed by atoms with van der Waals surface area (Å²) in [6.07, 6.45) is 0. The van der Waals surface area contributed by atoms with Crippen LogP contribution in [-0.4, -0.2) is 11.8 Å². The normalized spacial score (nSPS) is 10.2. The average molecular weight is 388 g/mol. The molecule has 0 spiro atoms. The Kier molecular flexibility index (Phi) is 4.88. The molecule has 0 atom stereocenters. The van der Waals surface area contributed by atoms with Crippen molar-refractivity contribution >= 4 is 56.6 Å². The van der Waals surface area contributed by atoms with Gasteiger partial charge < -0.3 is 11.1 Å². The van der Waals surface area contributed by atoms with Crippen molar-refractivity contribution in [2.75, 3.05) is 5.32 Å². The Morgan fingerprint density at radius 2 is 1.81 bits per heavy atom. The molecule has 0 bridgehead atoms. The molecule has 0 aliphatic carbocycles. The maximum atomic E-state index is 12.1. The summed E-state index contributed by atoms with van der Waals surface area (Å²) < 4.78 is 0.773. The molecule has 0 saturated heterocycles. The topological polar surface area (TPSA) is 72.2 Å². The van der Waals surface area contributed by atoms with Gasteiger partial charge in [0.05, 0.1) is 21.3 Å². The molecule has 0 aromatic heterocycles. The van der Waals surface area contributed by atoms with Gasteiger partial charge in [0.25, 0.3) is 5.91 Å². The van der Waals surface area contributed by atoms with Gasteiger partial charge in [0.2, 0.25) is 5.91 Å². The highest BCUT2D eigenvalue weighted by Crippen LogP contribution is 2.29. The van der Waals surface area contributed by atoms with Crippen molar-refractivity contribution in [2.24, 2.45) is 5.73 Å². The fourth-order valence-corrected chi connectivity index (χ4v) is 2.58. The van der Waals surface area contributed by atoms with Crippen LogP contribution in [0.5, 0.6) is 0 Å². The third-order valence-corrected chi connectivity index (χ3v) is 3.78. The molecule has 0 aliphatic heterocycles. The number of nitrogens with two attached hydrogens (primary N) is 1. The average Bonchev–Trinajstić information content (AvgIpc) is 2.41. The van der Waals surface area contributed by atoms with E-state index in [2.05, 4.69) is 21.2 Å². The zero-order chi connectivity index (χ0) is 15.6. The van der Waals surface area contributed by atoms with Crippen LogP contribution in [0, 0.1) is 0 Å². The van der Waals surface area contributed by atoms with Crippen LogP contribution >= 0.6 is 39.1 Å². The molecule has 0 fully saturated rings. The molecule has 0 saturated carbocycles. The number of primary amides is 1. The monoisotopic (exact) mass is 386 g/mol. The van der Waals surface area contributed by atoms with Gasteiger partial charge in [-0.05, 0) is 30.3 Å². The molecule has 0 heterocycles. The number of nitrogens with one attached hydrogen (secondary N) is 1. The van der Waals surface area contributed by atoms with Gasteiger partial charge in [-0.2, -0.15) is 0 Å². The third kappa shape index (κ3) is 3.75. The van der Waals surface area contributed by atoms with Crippen molar-refractivity contribution in [3.05, 3.63) is 62.0 Å². The fourth-order valence-electron chi connectivity index (χ4n) is 1.66. The second-order valence-electron chi connectivity index (χ2n) is 4.14. The van der Waals surface area contributed by atoms with Crippen LogP contribution < -0.4 is 11.1 Å². The van der Waals surface area contributed by atoms with Gasteiger partial charge in [-0.25, -0.2) is 0 Å². The molecule has 2 rings (SSSR count). The lowest BCUT2D eigenvalue weighted by atomic mass is 10.1. The van der Waals surface area contributed by atoms with Gasteiger partial charge in [-0.1, -0.05) is 45.2 Å². The third-order valence-electron chi connectivity index (χ3n) is 2.66. The van der Waals surface area contributed by atoms with E-state index in [1.54, 1.807) is 24.3 Å². The van der Waals surface area contributed by atoms with Crippen molar-refractivity contribution in [3.8, 4) is 0 Å². The predicted octanol–water partition coefficient (Wildman–Crippen LogP) is 4.11. The van der Waals surface area contributed by atoms with Crippen molar-refractivity contribution in [2.45, 2.75) is 0 Å². The molecule has 2 amide bonds. The zero-order valence-electron chi connectivity index (χ0n) is 10.5. The predicted molar refractivity (Wildman–Crippen MR) is 87.1 cm³/mol.